The zero-order chi connectivity index (χ0) is 31.8. The number of likely N-dealkylation sites (tertiary alicyclic amines) is 1. The van der Waals surface area contributed by atoms with Gasteiger partial charge >= 0.3 is 5.97 Å². The molecular weight excluding hydrogens is 562 g/mol. The number of hydrogen-bond acceptors (Lipinski definition) is 6. The summed E-state index contributed by atoms with van der Waals surface area (Å²) < 4.78 is 11.9. The predicted octanol–water partition coefficient (Wildman–Crippen LogP) is 7.67. The molecule has 234 valence electrons. The Morgan fingerprint density at radius 2 is 1.51 bits per heavy atom. The minimum atomic E-state index is -0.692. The Bertz CT molecular complexity index is 1590. The van der Waals surface area contributed by atoms with Crippen molar-refractivity contribution in [3.05, 3.63) is 114 Å². The molecule has 1 N–H and O–H groups in total. The molecule has 4 aromatic carbocycles. The molecule has 4 aromatic rings. The van der Waals surface area contributed by atoms with Gasteiger partial charge < -0.3 is 24.6 Å². The number of likely N-dealkylation sites (N-methyl/N-ethyl adjacent to an activating group) is 1. The largest absolute Gasteiger partial charge is 0.488 e. The maximum atomic E-state index is 14.1. The third-order valence-electron chi connectivity index (χ3n) is 7.83. The Kier molecular flexibility index (Phi) is 10.2. The van der Waals surface area contributed by atoms with Gasteiger partial charge in [-0.3, -0.25) is 4.79 Å². The Hall–Kier alpha value is -4.62. The first-order valence-electron chi connectivity index (χ1n) is 15.6. The number of carbonyl (C=O) groups is 2. The van der Waals surface area contributed by atoms with E-state index in [9.17, 15) is 9.59 Å². The number of rotatable bonds is 11. The van der Waals surface area contributed by atoms with E-state index in [0.29, 0.717) is 23.6 Å². The molecule has 0 aliphatic carbocycles. The Balaban J connectivity index is 1.46. The third-order valence-corrected chi connectivity index (χ3v) is 7.83. The second kappa shape index (κ2) is 14.4. The van der Waals surface area contributed by atoms with Gasteiger partial charge in [-0.15, -0.1) is 0 Å². The lowest BCUT2D eigenvalue weighted by molar-refractivity contribution is 0.00707. The molecule has 45 heavy (non-hydrogen) atoms. The number of nitrogens with zero attached hydrogens (tertiary/aromatic N) is 2. The molecule has 0 atom stereocenters. The molecule has 0 bridgehead atoms. The molecule has 0 radical (unpaired) electrons. The van der Waals surface area contributed by atoms with E-state index in [2.05, 4.69) is 15.1 Å². The van der Waals surface area contributed by atoms with Crippen LogP contribution in [-0.4, -0.2) is 55.6 Å². The monoisotopic (exact) mass is 605 g/mol. The van der Waals surface area contributed by atoms with E-state index in [1.54, 1.807) is 6.07 Å². The highest BCUT2D eigenvalue weighted by atomic mass is 16.6. The average Bonchev–Trinajstić information content (AvgIpc) is 3.56. The van der Waals surface area contributed by atoms with Crippen molar-refractivity contribution in [2.75, 3.05) is 43.4 Å². The van der Waals surface area contributed by atoms with Crippen LogP contribution in [0.15, 0.2) is 97.1 Å². The fraction of sp³-hybridized carbons (Fsp3) is 0.316. The van der Waals surface area contributed by atoms with E-state index in [4.69, 9.17) is 9.47 Å². The number of amides is 1. The zero-order valence-corrected chi connectivity index (χ0v) is 26.7. The first-order valence-corrected chi connectivity index (χ1v) is 15.6. The van der Waals surface area contributed by atoms with Crippen molar-refractivity contribution in [3.8, 4) is 16.9 Å². The molecule has 0 unspecified atom stereocenters. The van der Waals surface area contributed by atoms with E-state index in [1.165, 1.54) is 12.8 Å². The van der Waals surface area contributed by atoms with Crippen LogP contribution in [0.2, 0.25) is 0 Å². The number of esters is 1. The SMILES string of the molecule is CN(CCN1CCCC1)c1ccc(OCc2ccccc2)c(C(=O)Nc2cc(-c3ccccc3)ccc2C(=O)OC(C)(C)C)c1. The van der Waals surface area contributed by atoms with Crippen molar-refractivity contribution in [1.82, 2.24) is 4.90 Å². The molecule has 7 nitrogen and oxygen atoms in total. The molecule has 5 rings (SSSR count). The second-order valence-electron chi connectivity index (χ2n) is 12.5. The quantitative estimate of drug-likeness (QED) is 0.177. The molecular formula is C38H43N3O4. The highest BCUT2D eigenvalue weighted by Gasteiger charge is 2.24. The summed E-state index contributed by atoms with van der Waals surface area (Å²) in [6, 6.07) is 30.8. The van der Waals surface area contributed by atoms with E-state index < -0.39 is 11.6 Å². The standard InChI is InChI=1S/C38H43N3O4/c1-38(2,3)45-37(43)32-19-17-30(29-15-9-6-10-16-29)25-34(32)39-36(42)33-26-31(40(4)23-24-41-21-11-12-22-41)18-20-35(33)44-27-28-13-7-5-8-14-28/h5-10,13-20,25-26H,11-12,21-24,27H2,1-4H3,(H,39,42). The van der Waals surface area contributed by atoms with Crippen LogP contribution in [0.3, 0.4) is 0 Å². The lowest BCUT2D eigenvalue weighted by Crippen LogP contribution is -2.31. The number of ether oxygens (including phenoxy) is 2. The minimum absolute atomic E-state index is 0.281. The lowest BCUT2D eigenvalue weighted by Gasteiger charge is -2.24. The zero-order valence-electron chi connectivity index (χ0n) is 26.7. The lowest BCUT2D eigenvalue weighted by atomic mass is 10.0. The first kappa shape index (κ1) is 31.8. The van der Waals surface area contributed by atoms with Gasteiger partial charge in [0.1, 0.15) is 18.0 Å². The van der Waals surface area contributed by atoms with Crippen LogP contribution < -0.4 is 15.0 Å². The number of carbonyl (C=O) groups excluding carboxylic acids is 2. The van der Waals surface area contributed by atoms with E-state index in [0.717, 1.165) is 48.6 Å². The van der Waals surface area contributed by atoms with Crippen molar-refractivity contribution in [1.29, 1.82) is 0 Å². The molecule has 1 fully saturated rings. The highest BCUT2D eigenvalue weighted by Crippen LogP contribution is 2.31. The van der Waals surface area contributed by atoms with Crippen LogP contribution >= 0.6 is 0 Å². The predicted molar refractivity (Wildman–Crippen MR) is 181 cm³/mol. The summed E-state index contributed by atoms with van der Waals surface area (Å²) in [7, 11) is 2.04. The van der Waals surface area contributed by atoms with Gasteiger partial charge in [0.25, 0.3) is 5.91 Å². The summed E-state index contributed by atoms with van der Waals surface area (Å²) in [6.45, 7) is 9.86. The summed E-state index contributed by atoms with van der Waals surface area (Å²) in [5, 5.41) is 3.04. The number of benzene rings is 4. The van der Waals surface area contributed by atoms with Gasteiger partial charge in [-0.1, -0.05) is 66.7 Å². The molecule has 0 spiro atoms. The van der Waals surface area contributed by atoms with Gasteiger partial charge in [0, 0.05) is 25.8 Å². The van der Waals surface area contributed by atoms with Gasteiger partial charge in [0.05, 0.1) is 16.8 Å². The van der Waals surface area contributed by atoms with Gasteiger partial charge in [-0.05, 0) is 93.7 Å². The van der Waals surface area contributed by atoms with Crippen LogP contribution in [0, 0.1) is 0 Å². The fourth-order valence-corrected chi connectivity index (χ4v) is 5.38. The summed E-state index contributed by atoms with van der Waals surface area (Å²) >= 11 is 0. The second-order valence-corrected chi connectivity index (χ2v) is 12.5. The molecule has 1 heterocycles. The van der Waals surface area contributed by atoms with Crippen LogP contribution in [0.25, 0.3) is 11.1 Å². The maximum Gasteiger partial charge on any atom is 0.340 e. The topological polar surface area (TPSA) is 71.1 Å². The normalized spacial score (nSPS) is 13.3. The van der Waals surface area contributed by atoms with Crippen LogP contribution in [0.1, 0.15) is 59.9 Å². The maximum absolute atomic E-state index is 14.1. The fourth-order valence-electron chi connectivity index (χ4n) is 5.38. The van der Waals surface area contributed by atoms with Crippen molar-refractivity contribution >= 4 is 23.3 Å². The van der Waals surface area contributed by atoms with Crippen LogP contribution in [0.4, 0.5) is 11.4 Å². The van der Waals surface area contributed by atoms with Gasteiger partial charge in [0.15, 0.2) is 0 Å². The summed E-state index contributed by atoms with van der Waals surface area (Å²) in [5.41, 5.74) is 4.10. The summed E-state index contributed by atoms with van der Waals surface area (Å²) in [4.78, 5) is 32.1. The molecule has 0 saturated carbocycles. The molecule has 0 aromatic heterocycles. The Morgan fingerprint density at radius 3 is 2.20 bits per heavy atom. The van der Waals surface area contributed by atoms with Gasteiger partial charge in [-0.2, -0.15) is 0 Å². The van der Waals surface area contributed by atoms with E-state index in [-0.39, 0.29) is 11.5 Å². The van der Waals surface area contributed by atoms with Crippen molar-refractivity contribution in [2.24, 2.45) is 0 Å². The number of anilines is 2. The summed E-state index contributed by atoms with van der Waals surface area (Å²) in [5.74, 6) is -0.415. The third kappa shape index (κ3) is 8.73. The van der Waals surface area contributed by atoms with Crippen molar-refractivity contribution in [2.45, 2.75) is 45.8 Å². The molecule has 1 saturated heterocycles. The highest BCUT2D eigenvalue weighted by molar-refractivity contribution is 6.10. The number of nitrogens with one attached hydrogen (secondary N) is 1. The Labute approximate surface area is 266 Å². The number of hydrogen-bond donors (Lipinski definition) is 1. The average molecular weight is 606 g/mol. The van der Waals surface area contributed by atoms with E-state index in [1.807, 2.05) is 119 Å². The van der Waals surface area contributed by atoms with Crippen LogP contribution in [0.5, 0.6) is 5.75 Å². The molecule has 7 heteroatoms. The summed E-state index contributed by atoms with van der Waals surface area (Å²) in [6.07, 6.45) is 2.50. The Morgan fingerprint density at radius 1 is 0.822 bits per heavy atom. The van der Waals surface area contributed by atoms with E-state index >= 15 is 0 Å². The van der Waals surface area contributed by atoms with Gasteiger partial charge in [0.2, 0.25) is 0 Å². The van der Waals surface area contributed by atoms with Crippen LogP contribution in [-0.2, 0) is 11.3 Å². The minimum Gasteiger partial charge on any atom is -0.488 e. The van der Waals surface area contributed by atoms with Gasteiger partial charge in [-0.25, -0.2) is 4.79 Å². The smallest absolute Gasteiger partial charge is 0.340 e. The molecule has 1 aliphatic rings. The van der Waals surface area contributed by atoms with Crippen molar-refractivity contribution in [3.63, 3.8) is 0 Å². The molecule has 1 aliphatic heterocycles. The first-order chi connectivity index (χ1) is 21.7. The molecule has 1 amide bonds. The van der Waals surface area contributed by atoms with Crippen molar-refractivity contribution < 1.29 is 19.1 Å².